The number of carbonyl (C=O) groups is 2. The second kappa shape index (κ2) is 12.9. The number of aromatic nitrogens is 2. The number of ether oxygens (including phenoxy) is 3. The number of benzene rings is 3. The van der Waals surface area contributed by atoms with Gasteiger partial charge in [0.15, 0.2) is 0 Å². The molecule has 5 rings (SSSR count). The molecule has 41 heavy (non-hydrogen) atoms. The molecule has 9 nitrogen and oxygen atoms in total. The van der Waals surface area contributed by atoms with Crippen LogP contribution >= 0.6 is 0 Å². The van der Waals surface area contributed by atoms with Crippen molar-refractivity contribution in [1.82, 2.24) is 20.0 Å². The van der Waals surface area contributed by atoms with E-state index >= 15 is 0 Å². The van der Waals surface area contributed by atoms with Crippen molar-refractivity contribution in [3.63, 3.8) is 0 Å². The maximum atomic E-state index is 13.1. The lowest BCUT2D eigenvalue weighted by atomic mass is 9.96. The Bertz CT molecular complexity index is 1490. The summed E-state index contributed by atoms with van der Waals surface area (Å²) in [5.74, 6) is 2.50. The van der Waals surface area contributed by atoms with E-state index in [1.165, 1.54) is 0 Å². The molecule has 0 atom stereocenters. The lowest BCUT2D eigenvalue weighted by molar-refractivity contribution is 0.0681. The third-order valence-corrected chi connectivity index (χ3v) is 7.59. The van der Waals surface area contributed by atoms with Crippen molar-refractivity contribution < 1.29 is 23.8 Å². The van der Waals surface area contributed by atoms with Crippen LogP contribution in [-0.4, -0.2) is 67.0 Å². The second-order valence-corrected chi connectivity index (χ2v) is 10.3. The highest BCUT2D eigenvalue weighted by Gasteiger charge is 2.24. The minimum atomic E-state index is -0.106. The molecule has 1 fully saturated rings. The third-order valence-electron chi connectivity index (χ3n) is 7.59. The van der Waals surface area contributed by atoms with Crippen molar-refractivity contribution in [1.29, 1.82) is 0 Å². The van der Waals surface area contributed by atoms with Crippen molar-refractivity contribution in [2.45, 2.75) is 26.3 Å². The fourth-order valence-electron chi connectivity index (χ4n) is 5.19. The molecule has 0 unspecified atom stereocenters. The zero-order valence-corrected chi connectivity index (χ0v) is 23.8. The molecule has 0 bridgehead atoms. The van der Waals surface area contributed by atoms with Gasteiger partial charge in [-0.2, -0.15) is 5.10 Å². The quantitative estimate of drug-likeness (QED) is 0.274. The molecule has 214 valence electrons. The molecule has 1 N–H and O–H groups in total. The van der Waals surface area contributed by atoms with E-state index in [9.17, 15) is 9.59 Å². The fraction of sp³-hybridized carbons (Fsp3) is 0.344. The van der Waals surface area contributed by atoms with Crippen LogP contribution in [0.3, 0.4) is 0 Å². The van der Waals surface area contributed by atoms with Crippen molar-refractivity contribution in [2.24, 2.45) is 5.92 Å². The standard InChI is InChI=1S/C32H36N4O5/c1-22-28(31(37)33-16-19-39-2)12-13-30-29(22)21-36(34-30)20-23-14-17-35(18-15-23)32(38)24-4-6-26(7-5-24)41-27-10-8-25(40-3)9-11-27/h4-13,21,23H,14-20H2,1-3H3,(H,33,37). The van der Waals surface area contributed by atoms with Crippen molar-refractivity contribution in [3.8, 4) is 17.2 Å². The minimum Gasteiger partial charge on any atom is -0.497 e. The van der Waals surface area contributed by atoms with Crippen LogP contribution in [-0.2, 0) is 11.3 Å². The SMILES string of the molecule is COCCNC(=O)c1ccc2nn(CC3CCN(C(=O)c4ccc(Oc5ccc(OC)cc5)cc4)CC3)cc2c1C. The van der Waals surface area contributed by atoms with Crippen LogP contribution < -0.4 is 14.8 Å². The number of rotatable bonds is 10. The van der Waals surface area contributed by atoms with E-state index < -0.39 is 0 Å². The summed E-state index contributed by atoms with van der Waals surface area (Å²) < 4.78 is 18.1. The number of amides is 2. The monoisotopic (exact) mass is 556 g/mol. The number of hydrogen-bond acceptors (Lipinski definition) is 6. The molecule has 1 aromatic heterocycles. The molecule has 3 aromatic carbocycles. The van der Waals surface area contributed by atoms with Gasteiger partial charge in [0.2, 0.25) is 0 Å². The van der Waals surface area contributed by atoms with Gasteiger partial charge in [-0.1, -0.05) is 0 Å². The van der Waals surface area contributed by atoms with E-state index in [2.05, 4.69) is 5.32 Å². The predicted octanol–water partition coefficient (Wildman–Crippen LogP) is 5.07. The highest BCUT2D eigenvalue weighted by atomic mass is 16.5. The maximum absolute atomic E-state index is 13.1. The second-order valence-electron chi connectivity index (χ2n) is 10.3. The maximum Gasteiger partial charge on any atom is 0.253 e. The van der Waals surface area contributed by atoms with E-state index in [1.54, 1.807) is 14.2 Å². The number of likely N-dealkylation sites (tertiary alicyclic amines) is 1. The Kier molecular flexibility index (Phi) is 8.84. The number of piperidine rings is 1. The largest absolute Gasteiger partial charge is 0.497 e. The smallest absolute Gasteiger partial charge is 0.253 e. The fourth-order valence-corrected chi connectivity index (χ4v) is 5.19. The first-order valence-electron chi connectivity index (χ1n) is 13.9. The molecule has 2 amide bonds. The summed E-state index contributed by atoms with van der Waals surface area (Å²) in [7, 11) is 3.24. The number of hydrogen-bond donors (Lipinski definition) is 1. The molecule has 0 spiro atoms. The summed E-state index contributed by atoms with van der Waals surface area (Å²) in [5, 5.41) is 8.63. The number of methoxy groups -OCH3 is 2. The molecule has 1 saturated heterocycles. The number of carbonyl (C=O) groups excluding carboxylic acids is 2. The van der Waals surface area contributed by atoms with Crippen molar-refractivity contribution in [2.75, 3.05) is 40.5 Å². The average Bonchev–Trinajstić information content (AvgIpc) is 3.42. The Balaban J connectivity index is 1.14. The van der Waals surface area contributed by atoms with Crippen LogP contribution in [0.15, 0.2) is 66.9 Å². The summed E-state index contributed by atoms with van der Waals surface area (Å²) in [4.78, 5) is 27.6. The van der Waals surface area contributed by atoms with Crippen LogP contribution in [0.5, 0.6) is 17.2 Å². The summed E-state index contributed by atoms with van der Waals surface area (Å²) in [6, 6.07) is 18.4. The number of fused-ring (bicyclic) bond motifs is 1. The molecule has 4 aromatic rings. The topological polar surface area (TPSA) is 94.9 Å². The highest BCUT2D eigenvalue weighted by Crippen LogP contribution is 2.27. The first kappa shape index (κ1) is 28.2. The summed E-state index contributed by atoms with van der Waals surface area (Å²) in [6.45, 7) is 5.10. The van der Waals surface area contributed by atoms with Crippen LogP contribution in [0, 0.1) is 12.8 Å². The van der Waals surface area contributed by atoms with Crippen molar-refractivity contribution >= 4 is 22.7 Å². The summed E-state index contributed by atoms with van der Waals surface area (Å²) >= 11 is 0. The van der Waals surface area contributed by atoms with Crippen LogP contribution in [0.4, 0.5) is 0 Å². The normalized spacial score (nSPS) is 13.8. The van der Waals surface area contributed by atoms with Gasteiger partial charge in [0.05, 0.1) is 19.2 Å². The van der Waals surface area contributed by atoms with E-state index in [4.69, 9.17) is 19.3 Å². The third kappa shape index (κ3) is 6.69. The Morgan fingerprint density at radius 2 is 1.59 bits per heavy atom. The van der Waals surface area contributed by atoms with E-state index in [0.29, 0.717) is 54.8 Å². The molecular formula is C32H36N4O5. The minimum absolute atomic E-state index is 0.0382. The lowest BCUT2D eigenvalue weighted by Crippen LogP contribution is -2.39. The first-order valence-corrected chi connectivity index (χ1v) is 13.9. The van der Waals surface area contributed by atoms with Gasteiger partial charge >= 0.3 is 0 Å². The van der Waals surface area contributed by atoms with E-state index in [0.717, 1.165) is 41.6 Å². The van der Waals surface area contributed by atoms with Crippen LogP contribution in [0.25, 0.3) is 10.9 Å². The Morgan fingerprint density at radius 3 is 2.24 bits per heavy atom. The molecule has 1 aliphatic rings. The Hall–Kier alpha value is -4.37. The van der Waals surface area contributed by atoms with Crippen LogP contribution in [0.2, 0.25) is 0 Å². The number of nitrogens with zero attached hydrogens (tertiary/aromatic N) is 3. The molecule has 0 aliphatic carbocycles. The molecule has 0 saturated carbocycles. The molecule has 9 heteroatoms. The van der Waals surface area contributed by atoms with Crippen LogP contribution in [0.1, 0.15) is 39.1 Å². The predicted molar refractivity (Wildman–Crippen MR) is 157 cm³/mol. The summed E-state index contributed by atoms with van der Waals surface area (Å²) in [5.41, 5.74) is 3.11. The lowest BCUT2D eigenvalue weighted by Gasteiger charge is -2.32. The van der Waals surface area contributed by atoms with Gasteiger partial charge in [0.1, 0.15) is 17.2 Å². The van der Waals surface area contributed by atoms with E-state index in [1.807, 2.05) is 83.4 Å². The first-order chi connectivity index (χ1) is 19.9. The van der Waals surface area contributed by atoms with Gasteiger partial charge < -0.3 is 24.4 Å². The van der Waals surface area contributed by atoms with Gasteiger partial charge in [-0.3, -0.25) is 14.3 Å². The molecular weight excluding hydrogens is 520 g/mol. The van der Waals surface area contributed by atoms with Crippen molar-refractivity contribution in [3.05, 3.63) is 83.6 Å². The molecule has 1 aliphatic heterocycles. The highest BCUT2D eigenvalue weighted by molar-refractivity contribution is 6.00. The van der Waals surface area contributed by atoms with Gasteiger partial charge in [-0.25, -0.2) is 0 Å². The van der Waals surface area contributed by atoms with E-state index in [-0.39, 0.29) is 11.8 Å². The number of nitrogens with one attached hydrogen (secondary N) is 1. The van der Waals surface area contributed by atoms with Gasteiger partial charge in [-0.05, 0) is 91.9 Å². The Labute approximate surface area is 240 Å². The zero-order valence-electron chi connectivity index (χ0n) is 23.8. The summed E-state index contributed by atoms with van der Waals surface area (Å²) in [6.07, 6.45) is 3.85. The van der Waals surface area contributed by atoms with Gasteiger partial charge in [0, 0.05) is 56.0 Å². The van der Waals surface area contributed by atoms with Gasteiger partial charge in [-0.15, -0.1) is 0 Å². The zero-order chi connectivity index (χ0) is 28.8. The average molecular weight is 557 g/mol. The molecule has 2 heterocycles. The number of aryl methyl sites for hydroxylation is 1. The Morgan fingerprint density at radius 1 is 0.927 bits per heavy atom. The molecule has 0 radical (unpaired) electrons. The van der Waals surface area contributed by atoms with Gasteiger partial charge in [0.25, 0.3) is 11.8 Å².